The van der Waals surface area contributed by atoms with Crippen LogP contribution >= 0.6 is 7.82 Å². The van der Waals surface area contributed by atoms with Crippen LogP contribution in [0.15, 0.2) is 0 Å². The largest absolute Gasteiger partial charge is 0.470 e. The van der Waals surface area contributed by atoms with Crippen molar-refractivity contribution >= 4 is 13.6 Å². The molecule has 0 radical (unpaired) electrons. The molecule has 0 spiro atoms. The number of Topliss-reactive ketones (excluding diaryl/α,β-unsaturated/α-hetero) is 1. The first-order chi connectivity index (χ1) is 6.36. The van der Waals surface area contributed by atoms with Crippen molar-refractivity contribution < 1.29 is 23.7 Å². The molecule has 0 amide bonds. The summed E-state index contributed by atoms with van der Waals surface area (Å²) in [5.74, 6) is -0.0371. The number of carbonyl (C=O) groups excluding carboxylic acids is 1. The molecule has 0 fully saturated rings. The van der Waals surface area contributed by atoms with Gasteiger partial charge < -0.3 is 9.79 Å². The van der Waals surface area contributed by atoms with Crippen LogP contribution in [0.5, 0.6) is 0 Å². The molecule has 5 nitrogen and oxygen atoms in total. The number of hydrogen-bond donors (Lipinski definition) is 2. The maximum atomic E-state index is 11.3. The Balaban J connectivity index is 4.65. The lowest BCUT2D eigenvalue weighted by Crippen LogP contribution is -2.34. The van der Waals surface area contributed by atoms with Crippen LogP contribution in [0.25, 0.3) is 0 Å². The predicted octanol–water partition coefficient (Wildman–Crippen LogP) is 1.88. The third-order valence-corrected chi connectivity index (χ3v) is 2.92. The van der Waals surface area contributed by atoms with Crippen LogP contribution in [-0.4, -0.2) is 21.2 Å². The van der Waals surface area contributed by atoms with E-state index in [0.717, 1.165) is 0 Å². The smallest absolute Gasteiger partial charge is 0.303 e. The fraction of sp³-hybridized carbons (Fsp3) is 0.889. The molecule has 0 aliphatic carbocycles. The number of carbonyl (C=O) groups is 1. The Kier molecular flexibility index (Phi) is 4.27. The van der Waals surface area contributed by atoms with Crippen molar-refractivity contribution in [3.05, 3.63) is 0 Å². The van der Waals surface area contributed by atoms with Gasteiger partial charge in [-0.15, -0.1) is 0 Å². The Labute approximate surface area is 90.1 Å². The maximum Gasteiger partial charge on any atom is 0.470 e. The second kappa shape index (κ2) is 4.34. The van der Waals surface area contributed by atoms with Crippen LogP contribution < -0.4 is 0 Å². The van der Waals surface area contributed by atoms with Crippen molar-refractivity contribution in [1.82, 2.24) is 0 Å². The molecule has 0 rings (SSSR count). The quantitative estimate of drug-likeness (QED) is 0.714. The van der Waals surface area contributed by atoms with Gasteiger partial charge in [-0.1, -0.05) is 13.8 Å². The standard InChI is InChI=1S/C9H19O5P/c1-7(10)8(2,3)6-9(4,5)14-15(11,12)13/h6H2,1-5H3,(H2,11,12,13). The highest BCUT2D eigenvalue weighted by Crippen LogP contribution is 2.44. The minimum absolute atomic E-state index is 0.0371. The summed E-state index contributed by atoms with van der Waals surface area (Å²) >= 11 is 0. The molecule has 0 bridgehead atoms. The average Bonchev–Trinajstić information content (AvgIpc) is 1.75. The number of phosphoric ester groups is 1. The molecule has 6 heteroatoms. The molecule has 0 aromatic carbocycles. The second-order valence-electron chi connectivity index (χ2n) is 4.96. The third kappa shape index (κ3) is 6.05. The topological polar surface area (TPSA) is 83.8 Å². The van der Waals surface area contributed by atoms with Gasteiger partial charge in [0.2, 0.25) is 0 Å². The first kappa shape index (κ1) is 14.8. The zero-order valence-corrected chi connectivity index (χ0v) is 10.7. The van der Waals surface area contributed by atoms with E-state index in [1.165, 1.54) is 6.92 Å². The molecule has 90 valence electrons. The third-order valence-electron chi connectivity index (χ3n) is 2.19. The summed E-state index contributed by atoms with van der Waals surface area (Å²) in [5, 5.41) is 0. The lowest BCUT2D eigenvalue weighted by molar-refractivity contribution is -0.127. The van der Waals surface area contributed by atoms with E-state index in [0.29, 0.717) is 0 Å². The predicted molar refractivity (Wildman–Crippen MR) is 56.3 cm³/mol. The lowest BCUT2D eigenvalue weighted by Gasteiger charge is -2.32. The molecular formula is C9H19O5P. The van der Waals surface area contributed by atoms with Crippen LogP contribution in [0, 0.1) is 5.41 Å². The Bertz CT molecular complexity index is 289. The summed E-state index contributed by atoms with van der Waals surface area (Å²) < 4.78 is 15.3. The van der Waals surface area contributed by atoms with E-state index in [2.05, 4.69) is 4.52 Å². The van der Waals surface area contributed by atoms with Crippen molar-refractivity contribution in [2.75, 3.05) is 0 Å². The van der Waals surface area contributed by atoms with Crippen molar-refractivity contribution in [2.45, 2.75) is 46.6 Å². The second-order valence-corrected chi connectivity index (χ2v) is 6.12. The summed E-state index contributed by atoms with van der Waals surface area (Å²) in [6.07, 6.45) is 0.250. The molecule has 15 heavy (non-hydrogen) atoms. The van der Waals surface area contributed by atoms with E-state index in [1.807, 2.05) is 0 Å². The molecule has 0 aromatic rings. The Morgan fingerprint density at radius 3 is 1.93 bits per heavy atom. The molecule has 0 heterocycles. The van der Waals surface area contributed by atoms with Gasteiger partial charge in [-0.2, -0.15) is 0 Å². The zero-order valence-electron chi connectivity index (χ0n) is 9.77. The number of ketones is 1. The van der Waals surface area contributed by atoms with E-state index in [4.69, 9.17) is 9.79 Å². The van der Waals surface area contributed by atoms with Crippen molar-refractivity contribution in [3.63, 3.8) is 0 Å². The first-order valence-corrected chi connectivity index (χ1v) is 6.16. The maximum absolute atomic E-state index is 11.3. The highest BCUT2D eigenvalue weighted by atomic mass is 31.2. The van der Waals surface area contributed by atoms with E-state index in [9.17, 15) is 9.36 Å². The molecule has 0 aliphatic rings. The van der Waals surface area contributed by atoms with Crippen LogP contribution in [0.4, 0.5) is 0 Å². The molecule has 0 atom stereocenters. The minimum atomic E-state index is -4.51. The number of rotatable bonds is 5. The number of phosphoric acid groups is 1. The van der Waals surface area contributed by atoms with Gasteiger partial charge in [0.15, 0.2) is 0 Å². The van der Waals surface area contributed by atoms with Gasteiger partial charge in [0.05, 0.1) is 5.60 Å². The molecule has 0 aromatic heterocycles. The van der Waals surface area contributed by atoms with Gasteiger partial charge in [0.25, 0.3) is 0 Å². The molecule has 0 aliphatic heterocycles. The van der Waals surface area contributed by atoms with E-state index in [1.54, 1.807) is 27.7 Å². The lowest BCUT2D eigenvalue weighted by atomic mass is 9.79. The summed E-state index contributed by atoms with van der Waals surface area (Å²) in [6.45, 7) is 8.00. The van der Waals surface area contributed by atoms with Gasteiger partial charge in [-0.25, -0.2) is 4.57 Å². The highest BCUT2D eigenvalue weighted by Gasteiger charge is 2.37. The summed E-state index contributed by atoms with van der Waals surface area (Å²) in [5.41, 5.74) is -1.69. The monoisotopic (exact) mass is 238 g/mol. The van der Waals surface area contributed by atoms with E-state index < -0.39 is 18.8 Å². The normalized spacial score (nSPS) is 14.1. The average molecular weight is 238 g/mol. The highest BCUT2D eigenvalue weighted by molar-refractivity contribution is 7.46. The molecule has 0 unspecified atom stereocenters. The van der Waals surface area contributed by atoms with Gasteiger partial charge in [0, 0.05) is 5.41 Å². The Hall–Kier alpha value is -0.220. The van der Waals surface area contributed by atoms with Crippen LogP contribution in [0.3, 0.4) is 0 Å². The van der Waals surface area contributed by atoms with Gasteiger partial charge in [0.1, 0.15) is 5.78 Å². The summed E-state index contributed by atoms with van der Waals surface area (Å²) in [4.78, 5) is 28.6. The summed E-state index contributed by atoms with van der Waals surface area (Å²) in [6, 6.07) is 0. The van der Waals surface area contributed by atoms with Crippen LogP contribution in [-0.2, 0) is 13.9 Å². The van der Waals surface area contributed by atoms with Crippen molar-refractivity contribution in [2.24, 2.45) is 5.41 Å². The molecule has 0 saturated heterocycles. The fourth-order valence-electron chi connectivity index (χ4n) is 1.54. The van der Waals surface area contributed by atoms with E-state index in [-0.39, 0.29) is 12.2 Å². The van der Waals surface area contributed by atoms with E-state index >= 15 is 0 Å². The van der Waals surface area contributed by atoms with Gasteiger partial charge >= 0.3 is 7.82 Å². The van der Waals surface area contributed by atoms with Crippen LogP contribution in [0.1, 0.15) is 41.0 Å². The summed E-state index contributed by atoms with van der Waals surface area (Å²) in [7, 11) is -4.51. The fourth-order valence-corrected chi connectivity index (χ4v) is 2.25. The molecular weight excluding hydrogens is 219 g/mol. The van der Waals surface area contributed by atoms with Crippen molar-refractivity contribution in [1.29, 1.82) is 0 Å². The number of hydrogen-bond acceptors (Lipinski definition) is 3. The Morgan fingerprint density at radius 2 is 1.67 bits per heavy atom. The van der Waals surface area contributed by atoms with Crippen molar-refractivity contribution in [3.8, 4) is 0 Å². The first-order valence-electron chi connectivity index (χ1n) is 4.63. The van der Waals surface area contributed by atoms with Crippen LogP contribution in [0.2, 0.25) is 0 Å². The zero-order chi connectivity index (χ0) is 12.5. The van der Waals surface area contributed by atoms with Gasteiger partial charge in [-0.3, -0.25) is 9.32 Å². The minimum Gasteiger partial charge on any atom is -0.303 e. The van der Waals surface area contributed by atoms with Gasteiger partial charge in [-0.05, 0) is 27.2 Å². The molecule has 2 N–H and O–H groups in total. The Morgan fingerprint density at radius 1 is 1.27 bits per heavy atom. The SMILES string of the molecule is CC(=O)C(C)(C)CC(C)(C)OP(=O)(O)O. The molecule has 0 saturated carbocycles.